The first-order valence-corrected chi connectivity index (χ1v) is 13.8. The number of ether oxygens (including phenoxy) is 1. The number of carbonyl (C=O) groups is 4. The minimum absolute atomic E-state index is 0.159. The van der Waals surface area contributed by atoms with E-state index in [9.17, 15) is 19.2 Å². The average molecular weight is 553 g/mol. The Morgan fingerprint density at radius 1 is 1.03 bits per heavy atom. The largest absolute Gasteiger partial charge is 0.444 e. The van der Waals surface area contributed by atoms with Crippen molar-refractivity contribution >= 4 is 46.5 Å². The lowest BCUT2D eigenvalue weighted by atomic mass is 10.1. The highest BCUT2D eigenvalue weighted by atomic mass is 32.1. The molecule has 0 saturated carbocycles. The number of amides is 4. The molecule has 0 radical (unpaired) electrons. The Hall–Kier alpha value is -3.06. The maximum Gasteiger partial charge on any atom is 0.407 e. The summed E-state index contributed by atoms with van der Waals surface area (Å²) >= 11 is 2.94. The Bertz CT molecular complexity index is 1040. The second-order valence-electron chi connectivity index (χ2n) is 9.26. The number of thiazole rings is 2. The lowest BCUT2D eigenvalue weighted by Gasteiger charge is -2.23. The van der Waals surface area contributed by atoms with Crippen LogP contribution in [0.1, 0.15) is 69.0 Å². The van der Waals surface area contributed by atoms with Gasteiger partial charge in [0.15, 0.2) is 11.8 Å². The zero-order valence-electron chi connectivity index (χ0n) is 22.1. The first-order valence-electron chi connectivity index (χ1n) is 12.0. The summed E-state index contributed by atoms with van der Waals surface area (Å²) in [5.74, 6) is -0.754. The Morgan fingerprint density at radius 2 is 1.70 bits per heavy atom. The van der Waals surface area contributed by atoms with Crippen molar-refractivity contribution in [1.82, 2.24) is 30.8 Å². The van der Waals surface area contributed by atoms with Gasteiger partial charge in [0, 0.05) is 36.6 Å². The maximum absolute atomic E-state index is 12.7. The number of hydrogen-bond acceptors (Lipinski definition) is 9. The van der Waals surface area contributed by atoms with E-state index in [1.165, 1.54) is 34.5 Å². The molecule has 0 aromatic carbocycles. The molecule has 2 rings (SSSR count). The Labute approximate surface area is 225 Å². The van der Waals surface area contributed by atoms with E-state index in [0.29, 0.717) is 18.8 Å². The highest BCUT2D eigenvalue weighted by molar-refractivity contribution is 7.09. The molecule has 2 heterocycles. The van der Waals surface area contributed by atoms with Crippen LogP contribution >= 0.6 is 22.7 Å². The molecule has 0 bridgehead atoms. The molecule has 3 N–H and O–H groups in total. The van der Waals surface area contributed by atoms with Gasteiger partial charge < -0.3 is 25.6 Å². The fraction of sp³-hybridized carbons (Fsp3) is 0.583. The zero-order valence-corrected chi connectivity index (χ0v) is 23.7. The van der Waals surface area contributed by atoms with Gasteiger partial charge in [-0.25, -0.2) is 14.6 Å². The van der Waals surface area contributed by atoms with Crippen LogP contribution < -0.4 is 16.0 Å². The predicted molar refractivity (Wildman–Crippen MR) is 142 cm³/mol. The second kappa shape index (κ2) is 14.6. The molecule has 0 spiro atoms. The summed E-state index contributed by atoms with van der Waals surface area (Å²) in [6, 6.07) is -2.33. The van der Waals surface area contributed by atoms with Crippen molar-refractivity contribution in [3.63, 3.8) is 0 Å². The van der Waals surface area contributed by atoms with E-state index >= 15 is 0 Å². The minimum atomic E-state index is -1.31. The molecular weight excluding hydrogens is 516 g/mol. The molecule has 204 valence electrons. The number of Topliss-reactive ketones (excluding diaryl/α,β-unsaturated/α-hetero) is 1. The highest BCUT2D eigenvalue weighted by Crippen LogP contribution is 2.19. The van der Waals surface area contributed by atoms with E-state index in [1.807, 2.05) is 26.2 Å². The normalized spacial score (nSPS) is 13.4. The first kappa shape index (κ1) is 30.2. The van der Waals surface area contributed by atoms with Crippen LogP contribution in [0.25, 0.3) is 0 Å². The lowest BCUT2D eigenvalue weighted by molar-refractivity contribution is -0.130. The lowest BCUT2D eigenvalue weighted by Crippen LogP contribution is -2.55. The fourth-order valence-corrected chi connectivity index (χ4v) is 4.56. The number of alkyl carbamates (subject to hydrolysis) is 1. The van der Waals surface area contributed by atoms with E-state index in [-0.39, 0.29) is 25.2 Å². The van der Waals surface area contributed by atoms with Crippen molar-refractivity contribution in [2.75, 3.05) is 7.05 Å². The van der Waals surface area contributed by atoms with Crippen molar-refractivity contribution in [2.45, 2.75) is 84.7 Å². The standard InChI is InChI=1S/C24H36N6O5S2/c1-14(2)22-28-18(12-36-22)10-30(6)23(33)29-20(17(5)31)21(32)26-15(3)7-8-16(4)27-24(34)35-11-19-9-25-13-37-19/h9,12-16,20H,7-8,10-11H2,1-6H3,(H,26,32)(H,27,34)(H,29,33)/t15-,16-,20-/m0/s1. The third-order valence-corrected chi connectivity index (χ3v) is 7.31. The summed E-state index contributed by atoms with van der Waals surface area (Å²) in [5.41, 5.74) is 2.42. The minimum Gasteiger partial charge on any atom is -0.444 e. The van der Waals surface area contributed by atoms with E-state index in [1.54, 1.807) is 25.7 Å². The summed E-state index contributed by atoms with van der Waals surface area (Å²) in [6.45, 7) is 9.41. The molecule has 0 aliphatic rings. The molecule has 0 aliphatic heterocycles. The number of hydrogen-bond donors (Lipinski definition) is 3. The third kappa shape index (κ3) is 10.4. The topological polar surface area (TPSA) is 143 Å². The smallest absolute Gasteiger partial charge is 0.407 e. The van der Waals surface area contributed by atoms with Crippen LogP contribution in [0.4, 0.5) is 9.59 Å². The fourth-order valence-electron chi connectivity index (χ4n) is 3.22. The van der Waals surface area contributed by atoms with Crippen molar-refractivity contribution in [3.8, 4) is 0 Å². The second-order valence-corrected chi connectivity index (χ2v) is 11.1. The Kier molecular flexibility index (Phi) is 11.9. The van der Waals surface area contributed by atoms with Gasteiger partial charge in [-0.2, -0.15) is 0 Å². The van der Waals surface area contributed by atoms with Crippen LogP contribution in [-0.4, -0.2) is 63.9 Å². The number of aromatic nitrogens is 2. The number of nitrogens with one attached hydrogen (secondary N) is 3. The number of rotatable bonds is 13. The molecule has 0 aliphatic carbocycles. The molecule has 0 fully saturated rings. The van der Waals surface area contributed by atoms with Gasteiger partial charge in [-0.15, -0.1) is 22.7 Å². The van der Waals surface area contributed by atoms with Crippen molar-refractivity contribution in [3.05, 3.63) is 32.7 Å². The molecule has 13 heteroatoms. The molecule has 0 saturated heterocycles. The maximum atomic E-state index is 12.7. The number of ketones is 1. The van der Waals surface area contributed by atoms with Gasteiger partial charge in [-0.1, -0.05) is 13.8 Å². The van der Waals surface area contributed by atoms with Crippen LogP contribution in [0.2, 0.25) is 0 Å². The number of carbonyl (C=O) groups excluding carboxylic acids is 4. The van der Waals surface area contributed by atoms with Crippen LogP contribution in [0, 0.1) is 0 Å². The predicted octanol–water partition coefficient (Wildman–Crippen LogP) is 3.42. The SMILES string of the molecule is CC(=O)[C@H](NC(=O)N(C)Cc1csc(C(C)C)n1)C(=O)N[C@@H](C)CC[C@H](C)NC(=O)OCc1cncs1. The van der Waals surface area contributed by atoms with Crippen LogP contribution in [0.3, 0.4) is 0 Å². The zero-order chi connectivity index (χ0) is 27.5. The van der Waals surface area contributed by atoms with Crippen LogP contribution in [0.5, 0.6) is 0 Å². The highest BCUT2D eigenvalue weighted by Gasteiger charge is 2.28. The Balaban J connectivity index is 1.77. The summed E-state index contributed by atoms with van der Waals surface area (Å²) < 4.78 is 5.16. The average Bonchev–Trinajstić information content (AvgIpc) is 3.51. The number of urea groups is 1. The Morgan fingerprint density at radius 3 is 2.27 bits per heavy atom. The number of nitrogens with zero attached hydrogens (tertiary/aromatic N) is 3. The molecule has 3 atom stereocenters. The van der Waals surface area contributed by atoms with Crippen LogP contribution in [-0.2, 0) is 27.5 Å². The van der Waals surface area contributed by atoms with Gasteiger partial charge in [-0.05, 0) is 33.6 Å². The van der Waals surface area contributed by atoms with Crippen molar-refractivity contribution < 1.29 is 23.9 Å². The monoisotopic (exact) mass is 552 g/mol. The molecular formula is C24H36N6O5S2. The van der Waals surface area contributed by atoms with E-state index in [4.69, 9.17) is 4.74 Å². The van der Waals surface area contributed by atoms with Crippen molar-refractivity contribution in [1.29, 1.82) is 0 Å². The molecule has 0 unspecified atom stereocenters. The van der Waals surface area contributed by atoms with Gasteiger partial charge in [0.1, 0.15) is 6.61 Å². The van der Waals surface area contributed by atoms with Gasteiger partial charge in [0.2, 0.25) is 0 Å². The van der Waals surface area contributed by atoms with Gasteiger partial charge in [-0.3, -0.25) is 14.6 Å². The molecule has 2 aromatic heterocycles. The third-order valence-electron chi connectivity index (χ3n) is 5.36. The van der Waals surface area contributed by atoms with Gasteiger partial charge >= 0.3 is 12.1 Å². The summed E-state index contributed by atoms with van der Waals surface area (Å²) in [4.78, 5) is 60.1. The molecule has 4 amide bonds. The van der Waals surface area contributed by atoms with Crippen molar-refractivity contribution in [2.24, 2.45) is 0 Å². The van der Waals surface area contributed by atoms with E-state index in [0.717, 1.165) is 15.6 Å². The van der Waals surface area contributed by atoms with Gasteiger partial charge in [0.25, 0.3) is 5.91 Å². The summed E-state index contributed by atoms with van der Waals surface area (Å²) in [5, 5.41) is 10.9. The van der Waals surface area contributed by atoms with Gasteiger partial charge in [0.05, 0.1) is 27.6 Å². The van der Waals surface area contributed by atoms with E-state index in [2.05, 4.69) is 25.9 Å². The van der Waals surface area contributed by atoms with E-state index < -0.39 is 29.9 Å². The molecule has 37 heavy (non-hydrogen) atoms. The molecule has 2 aromatic rings. The quantitative estimate of drug-likeness (QED) is 0.323. The first-order chi connectivity index (χ1) is 17.5. The van der Waals surface area contributed by atoms with Crippen LogP contribution in [0.15, 0.2) is 17.1 Å². The molecule has 11 nitrogen and oxygen atoms in total. The summed E-state index contributed by atoms with van der Waals surface area (Å²) in [7, 11) is 1.58. The summed E-state index contributed by atoms with van der Waals surface area (Å²) in [6.07, 6.45) is 2.23.